The smallest absolute Gasteiger partial charge is 0.279 e. The van der Waals surface area contributed by atoms with Crippen LogP contribution in [0, 0.1) is 13.8 Å². The Kier molecular flexibility index (Phi) is 3.38. The molecule has 3 heterocycles. The van der Waals surface area contributed by atoms with Crippen molar-refractivity contribution in [2.24, 2.45) is 0 Å². The Morgan fingerprint density at radius 3 is 2.85 bits per heavy atom. The lowest BCUT2D eigenvalue weighted by atomic mass is 10.2. The summed E-state index contributed by atoms with van der Waals surface area (Å²) in [6.07, 6.45) is 4.13. The van der Waals surface area contributed by atoms with Crippen LogP contribution in [0.1, 0.15) is 36.3 Å². The van der Waals surface area contributed by atoms with E-state index in [-0.39, 0.29) is 5.69 Å². The standard InChI is InChI=1S/C14H17ClN4O/c1-9-8-11(15)10(2)16-13(9)19-14(20)18-7-5-3-4-6-12(18)17-19/h8H,3-7H2,1-2H3. The zero-order valence-electron chi connectivity index (χ0n) is 11.7. The number of hydrogen-bond acceptors (Lipinski definition) is 3. The Hall–Kier alpha value is -1.62. The predicted octanol–water partition coefficient (Wildman–Crippen LogP) is 2.43. The fourth-order valence-corrected chi connectivity index (χ4v) is 2.79. The molecule has 0 fully saturated rings. The van der Waals surface area contributed by atoms with Crippen molar-refractivity contribution < 1.29 is 0 Å². The second-order valence-corrected chi connectivity index (χ2v) is 5.68. The van der Waals surface area contributed by atoms with Gasteiger partial charge in [-0.25, -0.2) is 9.78 Å². The Balaban J connectivity index is 2.16. The highest BCUT2D eigenvalue weighted by Gasteiger charge is 2.18. The summed E-state index contributed by atoms with van der Waals surface area (Å²) in [7, 11) is 0. The summed E-state index contributed by atoms with van der Waals surface area (Å²) in [6.45, 7) is 4.47. The summed E-state index contributed by atoms with van der Waals surface area (Å²) in [5, 5.41) is 5.08. The van der Waals surface area contributed by atoms with E-state index < -0.39 is 0 Å². The van der Waals surface area contributed by atoms with Gasteiger partial charge in [-0.2, -0.15) is 4.68 Å². The van der Waals surface area contributed by atoms with Gasteiger partial charge in [0.2, 0.25) is 0 Å². The van der Waals surface area contributed by atoms with Gasteiger partial charge in [0.15, 0.2) is 5.82 Å². The van der Waals surface area contributed by atoms with Crippen LogP contribution >= 0.6 is 11.6 Å². The fraction of sp³-hybridized carbons (Fsp3) is 0.500. The summed E-state index contributed by atoms with van der Waals surface area (Å²) in [4.78, 5) is 16.9. The van der Waals surface area contributed by atoms with Crippen LogP contribution in [0.5, 0.6) is 0 Å². The lowest BCUT2D eigenvalue weighted by molar-refractivity contribution is 0.608. The minimum atomic E-state index is -0.0979. The minimum absolute atomic E-state index is 0.0979. The number of rotatable bonds is 1. The van der Waals surface area contributed by atoms with E-state index in [9.17, 15) is 4.79 Å². The number of hydrogen-bond donors (Lipinski definition) is 0. The maximum Gasteiger partial charge on any atom is 0.352 e. The van der Waals surface area contributed by atoms with E-state index >= 15 is 0 Å². The number of pyridine rings is 1. The first kappa shape index (κ1) is 13.4. The Bertz CT molecular complexity index is 717. The van der Waals surface area contributed by atoms with Gasteiger partial charge in [-0.15, -0.1) is 5.10 Å². The average Bonchev–Trinajstić information content (AvgIpc) is 2.61. The van der Waals surface area contributed by atoms with Gasteiger partial charge in [-0.1, -0.05) is 18.0 Å². The zero-order chi connectivity index (χ0) is 14.3. The van der Waals surface area contributed by atoms with E-state index in [1.165, 1.54) is 4.68 Å². The molecule has 0 bridgehead atoms. The van der Waals surface area contributed by atoms with Gasteiger partial charge in [0.25, 0.3) is 0 Å². The maximum atomic E-state index is 12.5. The Labute approximate surface area is 122 Å². The second kappa shape index (κ2) is 5.05. The van der Waals surface area contributed by atoms with Crippen LogP contribution in [0.15, 0.2) is 10.9 Å². The van der Waals surface area contributed by atoms with E-state index in [1.807, 2.05) is 19.9 Å². The summed E-state index contributed by atoms with van der Waals surface area (Å²) in [5.74, 6) is 1.44. The van der Waals surface area contributed by atoms with Gasteiger partial charge in [0.1, 0.15) is 5.82 Å². The molecule has 0 saturated carbocycles. The van der Waals surface area contributed by atoms with Crippen LogP contribution < -0.4 is 5.69 Å². The Morgan fingerprint density at radius 2 is 2.05 bits per heavy atom. The van der Waals surface area contributed by atoms with Crippen molar-refractivity contribution in [1.29, 1.82) is 0 Å². The molecule has 0 atom stereocenters. The van der Waals surface area contributed by atoms with Gasteiger partial charge < -0.3 is 0 Å². The molecule has 0 radical (unpaired) electrons. The number of fused-ring (bicyclic) bond motifs is 1. The molecular weight excluding hydrogens is 276 g/mol. The summed E-state index contributed by atoms with van der Waals surface area (Å²) >= 11 is 6.06. The van der Waals surface area contributed by atoms with Crippen LogP contribution in [-0.2, 0) is 13.0 Å². The molecule has 5 nitrogen and oxygen atoms in total. The van der Waals surface area contributed by atoms with Crippen molar-refractivity contribution in [1.82, 2.24) is 19.3 Å². The largest absolute Gasteiger partial charge is 0.352 e. The van der Waals surface area contributed by atoms with Crippen LogP contribution in [0.4, 0.5) is 0 Å². The van der Waals surface area contributed by atoms with Crippen LogP contribution in [-0.4, -0.2) is 19.3 Å². The lowest BCUT2D eigenvalue weighted by Crippen LogP contribution is -2.25. The Morgan fingerprint density at radius 1 is 1.25 bits per heavy atom. The lowest BCUT2D eigenvalue weighted by Gasteiger charge is -2.06. The van der Waals surface area contributed by atoms with Gasteiger partial charge in [0, 0.05) is 13.0 Å². The molecule has 0 spiro atoms. The van der Waals surface area contributed by atoms with Crippen LogP contribution in [0.2, 0.25) is 5.02 Å². The van der Waals surface area contributed by atoms with Crippen molar-refractivity contribution in [2.75, 3.05) is 0 Å². The predicted molar refractivity (Wildman–Crippen MR) is 77.7 cm³/mol. The third kappa shape index (κ3) is 2.16. The van der Waals surface area contributed by atoms with Gasteiger partial charge in [-0.3, -0.25) is 4.57 Å². The molecule has 0 amide bonds. The molecule has 0 saturated heterocycles. The first-order valence-corrected chi connectivity index (χ1v) is 7.28. The molecule has 1 aliphatic heterocycles. The van der Waals surface area contributed by atoms with Crippen molar-refractivity contribution >= 4 is 11.6 Å². The van der Waals surface area contributed by atoms with E-state index in [0.29, 0.717) is 16.5 Å². The highest BCUT2D eigenvalue weighted by Crippen LogP contribution is 2.19. The third-order valence-electron chi connectivity index (χ3n) is 3.74. The van der Waals surface area contributed by atoms with Crippen LogP contribution in [0.25, 0.3) is 5.82 Å². The first-order chi connectivity index (χ1) is 9.58. The van der Waals surface area contributed by atoms with Crippen molar-refractivity contribution in [2.45, 2.75) is 46.1 Å². The van der Waals surface area contributed by atoms with Crippen molar-refractivity contribution in [3.63, 3.8) is 0 Å². The van der Waals surface area contributed by atoms with Crippen molar-refractivity contribution in [3.8, 4) is 5.82 Å². The number of aromatic nitrogens is 4. The zero-order valence-corrected chi connectivity index (χ0v) is 12.4. The third-order valence-corrected chi connectivity index (χ3v) is 4.12. The molecule has 106 valence electrons. The topological polar surface area (TPSA) is 52.7 Å². The van der Waals surface area contributed by atoms with E-state index in [4.69, 9.17) is 11.6 Å². The quantitative estimate of drug-likeness (QED) is 0.811. The molecule has 6 heteroatoms. The highest BCUT2D eigenvalue weighted by atomic mass is 35.5. The molecule has 0 aromatic carbocycles. The van der Waals surface area contributed by atoms with Gasteiger partial charge >= 0.3 is 5.69 Å². The normalized spacial score (nSPS) is 14.9. The van der Waals surface area contributed by atoms with Crippen LogP contribution in [0.3, 0.4) is 0 Å². The van der Waals surface area contributed by atoms with Gasteiger partial charge in [-0.05, 0) is 38.3 Å². The molecule has 3 rings (SSSR count). The molecule has 20 heavy (non-hydrogen) atoms. The maximum absolute atomic E-state index is 12.5. The molecule has 2 aromatic rings. The van der Waals surface area contributed by atoms with E-state index in [2.05, 4.69) is 10.1 Å². The van der Waals surface area contributed by atoms with Gasteiger partial charge in [0.05, 0.1) is 10.7 Å². The number of nitrogens with zero attached hydrogens (tertiary/aromatic N) is 4. The number of halogens is 1. The molecule has 2 aromatic heterocycles. The summed E-state index contributed by atoms with van der Waals surface area (Å²) in [6, 6.07) is 1.83. The minimum Gasteiger partial charge on any atom is -0.279 e. The highest BCUT2D eigenvalue weighted by molar-refractivity contribution is 6.31. The SMILES string of the molecule is Cc1cc(Cl)c(C)nc1-n1nc2n(c1=O)CCCCC2. The molecular formula is C14H17ClN4O. The molecule has 0 aliphatic carbocycles. The summed E-state index contributed by atoms with van der Waals surface area (Å²) < 4.78 is 3.19. The molecule has 1 aliphatic rings. The van der Waals surface area contributed by atoms with E-state index in [1.54, 1.807) is 4.57 Å². The number of aryl methyl sites for hydroxylation is 3. The molecule has 0 N–H and O–H groups in total. The second-order valence-electron chi connectivity index (χ2n) is 5.27. The monoisotopic (exact) mass is 292 g/mol. The van der Waals surface area contributed by atoms with E-state index in [0.717, 1.165) is 43.6 Å². The fourth-order valence-electron chi connectivity index (χ4n) is 2.59. The molecule has 0 unspecified atom stereocenters. The first-order valence-electron chi connectivity index (χ1n) is 6.91. The average molecular weight is 293 g/mol. The van der Waals surface area contributed by atoms with Crippen molar-refractivity contribution in [3.05, 3.63) is 38.7 Å². The summed E-state index contributed by atoms with van der Waals surface area (Å²) in [5.41, 5.74) is 1.47.